The molecule has 1 saturated carbocycles. The molecule has 0 aromatic heterocycles. The van der Waals surface area contributed by atoms with E-state index in [1.54, 1.807) is 7.11 Å². The second-order valence-electron chi connectivity index (χ2n) is 7.43. The summed E-state index contributed by atoms with van der Waals surface area (Å²) in [6.45, 7) is 2.64. The molecule has 25 heavy (non-hydrogen) atoms. The van der Waals surface area contributed by atoms with Gasteiger partial charge in [-0.05, 0) is 50.9 Å². The summed E-state index contributed by atoms with van der Waals surface area (Å²) in [5, 5.41) is 3.25. The summed E-state index contributed by atoms with van der Waals surface area (Å²) < 4.78 is 5.20. The lowest BCUT2D eigenvalue weighted by atomic mass is 9.97. The topological polar surface area (TPSA) is 41.6 Å². The highest BCUT2D eigenvalue weighted by Gasteiger charge is 2.17. The Bertz CT molecular complexity index is 507. The maximum Gasteiger partial charge on any atom is 0.234 e. The second-order valence-corrected chi connectivity index (χ2v) is 7.43. The molecule has 0 aliphatic heterocycles. The molecule has 1 aromatic rings. The van der Waals surface area contributed by atoms with Crippen LogP contribution < -0.4 is 10.1 Å². The molecule has 1 unspecified atom stereocenters. The minimum Gasteiger partial charge on any atom is -0.497 e. The van der Waals surface area contributed by atoms with Crippen molar-refractivity contribution in [2.24, 2.45) is 0 Å². The average molecular weight is 347 g/mol. The molecular weight excluding hydrogens is 312 g/mol. The molecule has 4 heteroatoms. The van der Waals surface area contributed by atoms with Crippen LogP contribution in [0.4, 0.5) is 0 Å². The van der Waals surface area contributed by atoms with E-state index in [4.69, 9.17) is 4.74 Å². The lowest BCUT2D eigenvalue weighted by molar-refractivity contribution is -0.123. The third kappa shape index (κ3) is 7.07. The number of ether oxygens (including phenoxy) is 1. The van der Waals surface area contributed by atoms with Crippen LogP contribution in [0.2, 0.25) is 0 Å². The van der Waals surface area contributed by atoms with E-state index in [1.165, 1.54) is 37.7 Å². The number of benzene rings is 1. The van der Waals surface area contributed by atoms with Crippen molar-refractivity contribution >= 4 is 5.91 Å². The molecule has 1 fully saturated rings. The highest BCUT2D eigenvalue weighted by molar-refractivity contribution is 5.78. The average Bonchev–Trinajstić information content (AvgIpc) is 2.57. The number of likely N-dealkylation sites (N-methyl/N-ethyl adjacent to an activating group) is 1. The van der Waals surface area contributed by atoms with E-state index < -0.39 is 0 Å². The van der Waals surface area contributed by atoms with Crippen LogP contribution in [-0.2, 0) is 11.2 Å². The fourth-order valence-electron chi connectivity index (χ4n) is 3.51. The van der Waals surface area contributed by atoms with Crippen LogP contribution in [0.25, 0.3) is 0 Å². The minimum absolute atomic E-state index is 0.162. The molecule has 0 saturated heterocycles. The number of nitrogens with one attached hydrogen (secondary N) is 1. The number of hydrogen-bond donors (Lipinski definition) is 1. The lowest BCUT2D eigenvalue weighted by Gasteiger charge is -2.26. The second kappa shape index (κ2) is 10.4. The standard InChI is InChI=1S/C21H34N2O2/c1-17(15-18-11-13-20(25-3)14-12-18)23(2)16-21(24)22-19-9-7-5-4-6-8-10-19/h11-14,17,19H,4-10,15-16H2,1-3H3,(H,22,24). The van der Waals surface area contributed by atoms with E-state index in [2.05, 4.69) is 29.3 Å². The maximum atomic E-state index is 12.4. The van der Waals surface area contributed by atoms with Crippen molar-refractivity contribution < 1.29 is 9.53 Å². The van der Waals surface area contributed by atoms with Crippen molar-refractivity contribution in [1.82, 2.24) is 10.2 Å². The van der Waals surface area contributed by atoms with Crippen LogP contribution in [0.3, 0.4) is 0 Å². The van der Waals surface area contributed by atoms with Crippen molar-refractivity contribution in [3.05, 3.63) is 29.8 Å². The van der Waals surface area contributed by atoms with E-state index >= 15 is 0 Å². The molecule has 4 nitrogen and oxygen atoms in total. The Hall–Kier alpha value is -1.55. The predicted molar refractivity (Wildman–Crippen MR) is 103 cm³/mol. The van der Waals surface area contributed by atoms with Gasteiger partial charge in [0.1, 0.15) is 5.75 Å². The van der Waals surface area contributed by atoms with Gasteiger partial charge in [-0.25, -0.2) is 0 Å². The third-order valence-corrected chi connectivity index (χ3v) is 5.31. The number of carbonyl (C=O) groups excluding carboxylic acids is 1. The van der Waals surface area contributed by atoms with E-state index in [-0.39, 0.29) is 5.91 Å². The molecule has 0 bridgehead atoms. The number of rotatable bonds is 7. The first kappa shape index (κ1) is 19.8. The molecule has 0 heterocycles. The van der Waals surface area contributed by atoms with Crippen molar-refractivity contribution in [3.63, 3.8) is 0 Å². The van der Waals surface area contributed by atoms with Gasteiger partial charge < -0.3 is 10.1 Å². The molecule has 1 atom stereocenters. The number of methoxy groups -OCH3 is 1. The van der Waals surface area contributed by atoms with Gasteiger partial charge in [0.05, 0.1) is 13.7 Å². The van der Waals surface area contributed by atoms with Crippen LogP contribution >= 0.6 is 0 Å². The maximum absolute atomic E-state index is 12.4. The number of carbonyl (C=O) groups is 1. The molecule has 1 N–H and O–H groups in total. The normalized spacial score (nSPS) is 17.6. The fraction of sp³-hybridized carbons (Fsp3) is 0.667. The lowest BCUT2D eigenvalue weighted by Crippen LogP contribution is -2.44. The number of nitrogens with zero attached hydrogens (tertiary/aromatic N) is 1. The zero-order valence-electron chi connectivity index (χ0n) is 16.1. The Morgan fingerprint density at radius 1 is 1.16 bits per heavy atom. The number of amides is 1. The summed E-state index contributed by atoms with van der Waals surface area (Å²) in [4.78, 5) is 14.5. The molecule has 1 aliphatic rings. The van der Waals surface area contributed by atoms with Crippen molar-refractivity contribution in [3.8, 4) is 5.75 Å². The smallest absolute Gasteiger partial charge is 0.234 e. The zero-order valence-corrected chi connectivity index (χ0v) is 16.1. The minimum atomic E-state index is 0.162. The van der Waals surface area contributed by atoms with Gasteiger partial charge in [-0.3, -0.25) is 9.69 Å². The van der Waals surface area contributed by atoms with E-state index in [0.29, 0.717) is 18.6 Å². The Labute approximate surface area is 152 Å². The SMILES string of the molecule is COc1ccc(CC(C)N(C)CC(=O)NC2CCCCCCC2)cc1. The Balaban J connectivity index is 1.76. The zero-order chi connectivity index (χ0) is 18.1. The van der Waals surface area contributed by atoms with Crippen LogP contribution in [0, 0.1) is 0 Å². The summed E-state index contributed by atoms with van der Waals surface area (Å²) in [5.74, 6) is 1.04. The first-order chi connectivity index (χ1) is 12.1. The molecule has 1 amide bonds. The van der Waals surface area contributed by atoms with E-state index in [9.17, 15) is 4.79 Å². The van der Waals surface area contributed by atoms with Gasteiger partial charge in [-0.15, -0.1) is 0 Å². The highest BCUT2D eigenvalue weighted by Crippen LogP contribution is 2.17. The van der Waals surface area contributed by atoms with Crippen molar-refractivity contribution in [2.45, 2.75) is 70.4 Å². The summed E-state index contributed by atoms with van der Waals surface area (Å²) in [6, 6.07) is 8.86. The molecule has 1 aromatic carbocycles. The molecular formula is C21H34N2O2. The van der Waals surface area contributed by atoms with Crippen molar-refractivity contribution in [2.75, 3.05) is 20.7 Å². The van der Waals surface area contributed by atoms with Gasteiger partial charge in [0.2, 0.25) is 5.91 Å². The van der Waals surface area contributed by atoms with E-state index in [0.717, 1.165) is 25.0 Å². The number of hydrogen-bond acceptors (Lipinski definition) is 3. The highest BCUT2D eigenvalue weighted by atomic mass is 16.5. The summed E-state index contributed by atoms with van der Waals surface area (Å²) >= 11 is 0. The van der Waals surface area contributed by atoms with Gasteiger partial charge in [0, 0.05) is 12.1 Å². The van der Waals surface area contributed by atoms with Crippen LogP contribution in [0.15, 0.2) is 24.3 Å². The summed E-state index contributed by atoms with van der Waals surface area (Å²) in [6.07, 6.45) is 9.66. The Morgan fingerprint density at radius 3 is 2.36 bits per heavy atom. The molecule has 2 rings (SSSR count). The van der Waals surface area contributed by atoms with Gasteiger partial charge in [0.25, 0.3) is 0 Å². The third-order valence-electron chi connectivity index (χ3n) is 5.31. The van der Waals surface area contributed by atoms with Crippen LogP contribution in [0.1, 0.15) is 57.4 Å². The van der Waals surface area contributed by atoms with Crippen LogP contribution in [0.5, 0.6) is 5.75 Å². The largest absolute Gasteiger partial charge is 0.497 e. The Morgan fingerprint density at radius 2 is 1.76 bits per heavy atom. The van der Waals surface area contributed by atoms with Crippen LogP contribution in [-0.4, -0.2) is 43.6 Å². The summed E-state index contributed by atoms with van der Waals surface area (Å²) in [5.41, 5.74) is 1.26. The van der Waals surface area contributed by atoms with Gasteiger partial charge in [-0.2, -0.15) is 0 Å². The molecule has 140 valence electrons. The van der Waals surface area contributed by atoms with Crippen molar-refractivity contribution in [1.29, 1.82) is 0 Å². The Kier molecular flexibility index (Phi) is 8.26. The molecule has 0 spiro atoms. The molecule has 0 radical (unpaired) electrons. The van der Waals surface area contributed by atoms with E-state index in [1.807, 2.05) is 19.2 Å². The first-order valence-electron chi connectivity index (χ1n) is 9.71. The van der Waals surface area contributed by atoms with Gasteiger partial charge >= 0.3 is 0 Å². The fourth-order valence-corrected chi connectivity index (χ4v) is 3.51. The van der Waals surface area contributed by atoms with Gasteiger partial charge in [0.15, 0.2) is 0 Å². The predicted octanol–water partition coefficient (Wildman–Crippen LogP) is 3.79. The molecule has 1 aliphatic carbocycles. The van der Waals surface area contributed by atoms with Gasteiger partial charge in [-0.1, -0.05) is 44.2 Å². The quantitative estimate of drug-likeness (QED) is 0.817. The summed E-state index contributed by atoms with van der Waals surface area (Å²) in [7, 11) is 3.71. The monoisotopic (exact) mass is 346 g/mol. The first-order valence-corrected chi connectivity index (χ1v) is 9.71.